The molecule has 0 aromatic carbocycles. The summed E-state index contributed by atoms with van der Waals surface area (Å²) in [6, 6.07) is 0.106. The summed E-state index contributed by atoms with van der Waals surface area (Å²) in [5.41, 5.74) is 0. The molecule has 2 N–H and O–H groups in total. The summed E-state index contributed by atoms with van der Waals surface area (Å²) < 4.78 is 0. The molecule has 4 nitrogen and oxygen atoms in total. The largest absolute Gasteiger partial charge is 0.480 e. The van der Waals surface area contributed by atoms with Crippen molar-refractivity contribution in [3.8, 4) is 0 Å². The number of rotatable bonds is 8. The summed E-state index contributed by atoms with van der Waals surface area (Å²) in [5.74, 6) is -0.646. The Kier molecular flexibility index (Phi) is 7.34. The van der Waals surface area contributed by atoms with E-state index in [9.17, 15) is 4.79 Å². The van der Waals surface area contributed by atoms with Crippen LogP contribution in [0.5, 0.6) is 0 Å². The van der Waals surface area contributed by atoms with Gasteiger partial charge in [-0.3, -0.25) is 4.79 Å². The first kappa shape index (κ1) is 15.4. The summed E-state index contributed by atoms with van der Waals surface area (Å²) in [6.07, 6.45) is 1.11. The molecular formula is C12H26N2O2. The van der Waals surface area contributed by atoms with Gasteiger partial charge >= 0.3 is 5.97 Å². The number of nitrogens with zero attached hydrogens (tertiary/aromatic N) is 1. The summed E-state index contributed by atoms with van der Waals surface area (Å²) in [5, 5.41) is 12.1. The van der Waals surface area contributed by atoms with Crippen LogP contribution in [0.3, 0.4) is 0 Å². The molecule has 0 bridgehead atoms. The van der Waals surface area contributed by atoms with E-state index < -0.39 is 12.0 Å². The molecule has 0 rings (SSSR count). The minimum Gasteiger partial charge on any atom is -0.480 e. The molecule has 0 heterocycles. The molecule has 0 saturated heterocycles. The van der Waals surface area contributed by atoms with E-state index in [0.29, 0.717) is 6.04 Å². The molecule has 16 heavy (non-hydrogen) atoms. The van der Waals surface area contributed by atoms with E-state index in [1.807, 2.05) is 13.8 Å². The standard InChI is InChI=1S/C12H26N2O2/c1-6-10(4)14(5)8-7-13-11(9(2)3)12(15)16/h9-11,13H,6-8H2,1-5H3,(H,15,16). The van der Waals surface area contributed by atoms with E-state index in [1.165, 1.54) is 0 Å². The highest BCUT2D eigenvalue weighted by Gasteiger charge is 2.20. The zero-order valence-corrected chi connectivity index (χ0v) is 11.2. The van der Waals surface area contributed by atoms with E-state index in [2.05, 4.69) is 31.1 Å². The second kappa shape index (κ2) is 7.63. The summed E-state index contributed by atoms with van der Waals surface area (Å²) in [7, 11) is 2.07. The van der Waals surface area contributed by atoms with E-state index in [-0.39, 0.29) is 5.92 Å². The first-order valence-corrected chi connectivity index (χ1v) is 6.06. The summed E-state index contributed by atoms with van der Waals surface area (Å²) in [6.45, 7) is 9.77. The van der Waals surface area contributed by atoms with Crippen LogP contribution in [0, 0.1) is 5.92 Å². The van der Waals surface area contributed by atoms with E-state index in [1.54, 1.807) is 0 Å². The topological polar surface area (TPSA) is 52.6 Å². The van der Waals surface area contributed by atoms with Gasteiger partial charge in [-0.15, -0.1) is 0 Å². The highest BCUT2D eigenvalue weighted by molar-refractivity contribution is 5.73. The van der Waals surface area contributed by atoms with Crippen molar-refractivity contribution in [2.75, 3.05) is 20.1 Å². The normalized spacial score (nSPS) is 15.4. The van der Waals surface area contributed by atoms with Gasteiger partial charge in [-0.2, -0.15) is 0 Å². The number of carbonyl (C=O) groups is 1. The van der Waals surface area contributed by atoms with Crippen LogP contribution in [0.2, 0.25) is 0 Å². The zero-order valence-electron chi connectivity index (χ0n) is 11.2. The third kappa shape index (κ3) is 5.47. The van der Waals surface area contributed by atoms with Crippen molar-refractivity contribution < 1.29 is 9.90 Å². The molecule has 0 spiro atoms. The lowest BCUT2D eigenvalue weighted by atomic mass is 10.1. The highest BCUT2D eigenvalue weighted by Crippen LogP contribution is 2.02. The van der Waals surface area contributed by atoms with Crippen molar-refractivity contribution >= 4 is 5.97 Å². The lowest BCUT2D eigenvalue weighted by Crippen LogP contribution is -2.44. The van der Waals surface area contributed by atoms with Gasteiger partial charge in [0, 0.05) is 19.1 Å². The Balaban J connectivity index is 3.91. The average Bonchev–Trinajstić information content (AvgIpc) is 2.21. The Hall–Kier alpha value is -0.610. The van der Waals surface area contributed by atoms with Crippen LogP contribution in [0.15, 0.2) is 0 Å². The number of hydrogen-bond donors (Lipinski definition) is 2. The fraction of sp³-hybridized carbons (Fsp3) is 0.917. The highest BCUT2D eigenvalue weighted by atomic mass is 16.4. The molecule has 0 aromatic heterocycles. The Labute approximate surface area is 99.0 Å². The number of hydrogen-bond acceptors (Lipinski definition) is 3. The Morgan fingerprint density at radius 2 is 1.94 bits per heavy atom. The van der Waals surface area contributed by atoms with Crippen molar-refractivity contribution in [2.24, 2.45) is 5.92 Å². The van der Waals surface area contributed by atoms with Gasteiger partial charge in [-0.1, -0.05) is 20.8 Å². The fourth-order valence-electron chi connectivity index (χ4n) is 1.54. The van der Waals surface area contributed by atoms with Gasteiger partial charge < -0.3 is 15.3 Å². The minimum absolute atomic E-state index is 0.117. The molecule has 2 unspecified atom stereocenters. The molecule has 4 heteroatoms. The van der Waals surface area contributed by atoms with Gasteiger partial charge in [0.15, 0.2) is 0 Å². The summed E-state index contributed by atoms with van der Waals surface area (Å²) in [4.78, 5) is 13.2. The predicted molar refractivity (Wildman–Crippen MR) is 66.6 cm³/mol. The van der Waals surface area contributed by atoms with Crippen molar-refractivity contribution in [3.63, 3.8) is 0 Å². The Morgan fingerprint density at radius 3 is 2.31 bits per heavy atom. The molecule has 0 aromatic rings. The zero-order chi connectivity index (χ0) is 12.7. The second-order valence-corrected chi connectivity index (χ2v) is 4.75. The van der Waals surface area contributed by atoms with Gasteiger partial charge in [-0.05, 0) is 26.3 Å². The number of aliphatic carboxylic acids is 1. The van der Waals surface area contributed by atoms with Crippen LogP contribution in [-0.4, -0.2) is 48.2 Å². The quantitative estimate of drug-likeness (QED) is 0.662. The maximum atomic E-state index is 10.9. The Bertz CT molecular complexity index is 207. The van der Waals surface area contributed by atoms with Crippen molar-refractivity contribution in [1.29, 1.82) is 0 Å². The number of likely N-dealkylation sites (N-methyl/N-ethyl adjacent to an activating group) is 1. The molecule has 0 aliphatic carbocycles. The number of nitrogens with one attached hydrogen (secondary N) is 1. The van der Waals surface area contributed by atoms with Crippen molar-refractivity contribution in [3.05, 3.63) is 0 Å². The van der Waals surface area contributed by atoms with Crippen LogP contribution in [-0.2, 0) is 4.79 Å². The lowest BCUT2D eigenvalue weighted by Gasteiger charge is -2.25. The monoisotopic (exact) mass is 230 g/mol. The third-order valence-electron chi connectivity index (χ3n) is 3.10. The molecule has 0 fully saturated rings. The van der Waals surface area contributed by atoms with Gasteiger partial charge in [0.1, 0.15) is 6.04 Å². The van der Waals surface area contributed by atoms with Gasteiger partial charge in [0.2, 0.25) is 0 Å². The van der Waals surface area contributed by atoms with Crippen molar-refractivity contribution in [1.82, 2.24) is 10.2 Å². The number of carboxylic acid groups (broad SMARTS) is 1. The molecule has 0 amide bonds. The molecule has 0 aliphatic heterocycles. The van der Waals surface area contributed by atoms with Gasteiger partial charge in [0.25, 0.3) is 0 Å². The molecule has 2 atom stereocenters. The molecule has 0 aliphatic rings. The van der Waals surface area contributed by atoms with Gasteiger partial charge in [0.05, 0.1) is 0 Å². The van der Waals surface area contributed by atoms with E-state index in [4.69, 9.17) is 5.11 Å². The van der Waals surface area contributed by atoms with Crippen LogP contribution in [0.4, 0.5) is 0 Å². The van der Waals surface area contributed by atoms with Crippen LogP contribution >= 0.6 is 0 Å². The van der Waals surface area contributed by atoms with E-state index >= 15 is 0 Å². The Morgan fingerprint density at radius 1 is 1.38 bits per heavy atom. The first-order chi connectivity index (χ1) is 7.40. The molecular weight excluding hydrogens is 204 g/mol. The van der Waals surface area contributed by atoms with Crippen LogP contribution < -0.4 is 5.32 Å². The first-order valence-electron chi connectivity index (χ1n) is 6.06. The van der Waals surface area contributed by atoms with Crippen LogP contribution in [0.1, 0.15) is 34.1 Å². The fourth-order valence-corrected chi connectivity index (χ4v) is 1.54. The average molecular weight is 230 g/mol. The number of carboxylic acids is 1. The maximum Gasteiger partial charge on any atom is 0.320 e. The molecule has 0 saturated carbocycles. The van der Waals surface area contributed by atoms with Gasteiger partial charge in [-0.25, -0.2) is 0 Å². The van der Waals surface area contributed by atoms with E-state index in [0.717, 1.165) is 19.5 Å². The minimum atomic E-state index is -0.763. The van der Waals surface area contributed by atoms with Crippen molar-refractivity contribution in [2.45, 2.75) is 46.2 Å². The third-order valence-corrected chi connectivity index (χ3v) is 3.10. The van der Waals surface area contributed by atoms with Crippen LogP contribution in [0.25, 0.3) is 0 Å². The lowest BCUT2D eigenvalue weighted by molar-refractivity contribution is -0.140. The SMILES string of the molecule is CCC(C)N(C)CCNC(C(=O)O)C(C)C. The smallest absolute Gasteiger partial charge is 0.320 e. The maximum absolute atomic E-state index is 10.9. The summed E-state index contributed by atoms with van der Waals surface area (Å²) >= 11 is 0. The molecule has 0 radical (unpaired) electrons. The predicted octanol–water partition coefficient (Wildman–Crippen LogP) is 1.42. The second-order valence-electron chi connectivity index (χ2n) is 4.75. The molecule has 96 valence electrons.